The minimum Gasteiger partial charge on any atom is -0.493 e. The van der Waals surface area contributed by atoms with Crippen molar-refractivity contribution in [1.82, 2.24) is 4.98 Å². The number of ether oxygens (including phenoxy) is 2. The van der Waals surface area contributed by atoms with E-state index in [0.29, 0.717) is 11.3 Å². The third-order valence-electron chi connectivity index (χ3n) is 5.54. The molecule has 34 heavy (non-hydrogen) atoms. The maximum absolute atomic E-state index is 14.0. The van der Waals surface area contributed by atoms with E-state index in [9.17, 15) is 13.6 Å². The van der Waals surface area contributed by atoms with Crippen LogP contribution in [0.1, 0.15) is 50.9 Å². The van der Waals surface area contributed by atoms with Crippen LogP contribution in [0, 0.1) is 0 Å². The Bertz CT molecular complexity index is 1120. The number of rotatable bonds is 13. The number of benzene rings is 1. The molecule has 0 aliphatic carbocycles. The average Bonchev–Trinajstić information content (AvgIpc) is 3.27. The first-order valence-electron chi connectivity index (χ1n) is 11.7. The Morgan fingerprint density at radius 1 is 1.09 bits per heavy atom. The normalized spacial score (nSPS) is 11.5. The molecule has 0 radical (unpaired) electrons. The molecule has 2 heterocycles. The van der Waals surface area contributed by atoms with Crippen LogP contribution < -0.4 is 4.74 Å². The molecule has 0 spiro atoms. The molecular formula is C27H31F2NO4. The van der Waals surface area contributed by atoms with Crippen LogP contribution in [0.4, 0.5) is 8.78 Å². The Labute approximate surface area is 198 Å². The molecular weight excluding hydrogens is 440 g/mol. The number of fused-ring (bicyclic) bond motifs is 1. The third-order valence-corrected chi connectivity index (χ3v) is 5.54. The van der Waals surface area contributed by atoms with Gasteiger partial charge in [0, 0.05) is 41.6 Å². The predicted octanol–water partition coefficient (Wildman–Crippen LogP) is 6.92. The highest BCUT2D eigenvalue weighted by molar-refractivity contribution is 5.84. The summed E-state index contributed by atoms with van der Waals surface area (Å²) >= 11 is 0. The summed E-state index contributed by atoms with van der Waals surface area (Å²) < 4.78 is 44.5. The first kappa shape index (κ1) is 25.4. The Morgan fingerprint density at radius 2 is 1.85 bits per heavy atom. The van der Waals surface area contributed by atoms with E-state index in [0.717, 1.165) is 47.0 Å². The molecule has 0 bridgehead atoms. The van der Waals surface area contributed by atoms with E-state index in [2.05, 4.69) is 20.4 Å². The molecule has 0 unspecified atom stereocenters. The lowest BCUT2D eigenvalue weighted by molar-refractivity contribution is -0.138. The summed E-state index contributed by atoms with van der Waals surface area (Å²) in [5, 5.41) is 0.938. The standard InChI is InChI=1S/C27H31F2NO4/c1-4-20-10-12-22(23(5-2)30-20)25-17-19-9-11-21(18-24(19)34-25)32-15-7-13-27(28,29)14-8-16-33-26(31)6-3/h6,9-12,17-18H,3-5,7-8,13-16H2,1-2H3. The molecule has 1 aromatic carbocycles. The number of alkyl halides is 2. The van der Waals surface area contributed by atoms with Crippen LogP contribution >= 0.6 is 0 Å². The third kappa shape index (κ3) is 6.89. The lowest BCUT2D eigenvalue weighted by Gasteiger charge is -2.16. The molecule has 7 heteroatoms. The Kier molecular flexibility index (Phi) is 8.79. The Balaban J connectivity index is 1.54. The van der Waals surface area contributed by atoms with Crippen molar-refractivity contribution >= 4 is 16.9 Å². The van der Waals surface area contributed by atoms with Gasteiger partial charge < -0.3 is 13.9 Å². The molecule has 0 aliphatic rings. The molecule has 5 nitrogen and oxygen atoms in total. The number of nitrogens with zero attached hydrogens (tertiary/aromatic N) is 1. The maximum atomic E-state index is 14.0. The van der Waals surface area contributed by atoms with Crippen LogP contribution in [0.25, 0.3) is 22.3 Å². The van der Waals surface area contributed by atoms with Crippen LogP contribution in [-0.4, -0.2) is 30.1 Å². The van der Waals surface area contributed by atoms with Gasteiger partial charge in [-0.3, -0.25) is 4.98 Å². The molecule has 0 aliphatic heterocycles. The number of pyridine rings is 1. The second-order valence-corrected chi connectivity index (χ2v) is 8.10. The second kappa shape index (κ2) is 11.8. The monoisotopic (exact) mass is 471 g/mol. The fourth-order valence-electron chi connectivity index (χ4n) is 3.68. The second-order valence-electron chi connectivity index (χ2n) is 8.10. The van der Waals surface area contributed by atoms with Crippen molar-refractivity contribution < 1.29 is 27.5 Å². The van der Waals surface area contributed by atoms with Crippen LogP contribution in [0.5, 0.6) is 5.75 Å². The van der Waals surface area contributed by atoms with Gasteiger partial charge in [0.25, 0.3) is 0 Å². The summed E-state index contributed by atoms with van der Waals surface area (Å²) in [6.07, 6.45) is 2.37. The number of furan rings is 1. The number of esters is 1. The fourth-order valence-corrected chi connectivity index (χ4v) is 3.68. The van der Waals surface area contributed by atoms with Crippen molar-refractivity contribution in [2.45, 2.75) is 58.3 Å². The predicted molar refractivity (Wildman–Crippen MR) is 128 cm³/mol. The van der Waals surface area contributed by atoms with E-state index >= 15 is 0 Å². The van der Waals surface area contributed by atoms with Crippen molar-refractivity contribution in [3.63, 3.8) is 0 Å². The van der Waals surface area contributed by atoms with Gasteiger partial charge in [-0.25, -0.2) is 13.6 Å². The molecule has 0 saturated heterocycles. The number of halogens is 2. The number of hydrogen-bond acceptors (Lipinski definition) is 5. The SMILES string of the molecule is C=CC(=O)OCCCC(F)(F)CCCOc1ccc2cc(-c3ccc(CC)nc3CC)oc2c1. The number of carbonyl (C=O) groups excluding carboxylic acids is 1. The number of carbonyl (C=O) groups is 1. The van der Waals surface area contributed by atoms with E-state index in [-0.39, 0.29) is 38.9 Å². The van der Waals surface area contributed by atoms with Gasteiger partial charge in [0.15, 0.2) is 0 Å². The highest BCUT2D eigenvalue weighted by Crippen LogP contribution is 2.32. The smallest absolute Gasteiger partial charge is 0.330 e. The van der Waals surface area contributed by atoms with Gasteiger partial charge in [-0.1, -0.05) is 20.4 Å². The topological polar surface area (TPSA) is 61.6 Å². The lowest BCUT2D eigenvalue weighted by atomic mass is 10.1. The number of aryl methyl sites for hydroxylation is 2. The van der Waals surface area contributed by atoms with Crippen LogP contribution in [-0.2, 0) is 22.4 Å². The van der Waals surface area contributed by atoms with Gasteiger partial charge in [-0.2, -0.15) is 0 Å². The summed E-state index contributed by atoms with van der Waals surface area (Å²) in [7, 11) is 0. The summed E-state index contributed by atoms with van der Waals surface area (Å²) in [5.74, 6) is -2.11. The van der Waals surface area contributed by atoms with E-state index in [1.807, 2.05) is 30.3 Å². The molecule has 0 fully saturated rings. The number of aromatic nitrogens is 1. The van der Waals surface area contributed by atoms with E-state index in [1.165, 1.54) is 0 Å². The van der Waals surface area contributed by atoms with Gasteiger partial charge in [0.1, 0.15) is 17.1 Å². The largest absolute Gasteiger partial charge is 0.493 e. The fraction of sp³-hybridized carbons (Fsp3) is 0.407. The molecule has 0 atom stereocenters. The molecule has 182 valence electrons. The first-order chi connectivity index (χ1) is 16.3. The summed E-state index contributed by atoms with van der Waals surface area (Å²) in [6, 6.07) is 11.5. The van der Waals surface area contributed by atoms with Crippen LogP contribution in [0.3, 0.4) is 0 Å². The van der Waals surface area contributed by atoms with Crippen LogP contribution in [0.15, 0.2) is 53.5 Å². The molecule has 3 aromatic rings. The van der Waals surface area contributed by atoms with Crippen molar-refractivity contribution in [3.8, 4) is 17.1 Å². The zero-order valence-electron chi connectivity index (χ0n) is 19.7. The van der Waals surface area contributed by atoms with Gasteiger partial charge in [0.05, 0.1) is 18.9 Å². The van der Waals surface area contributed by atoms with Crippen molar-refractivity contribution in [2.75, 3.05) is 13.2 Å². The zero-order chi connectivity index (χ0) is 24.6. The highest BCUT2D eigenvalue weighted by atomic mass is 19.3. The minimum atomic E-state index is -2.83. The van der Waals surface area contributed by atoms with E-state index in [1.54, 1.807) is 6.07 Å². The Hall–Kier alpha value is -3.22. The highest BCUT2D eigenvalue weighted by Gasteiger charge is 2.27. The molecule has 3 rings (SSSR count). The van der Waals surface area contributed by atoms with Crippen molar-refractivity contribution in [1.29, 1.82) is 0 Å². The van der Waals surface area contributed by atoms with Crippen LogP contribution in [0.2, 0.25) is 0 Å². The molecule has 0 amide bonds. The average molecular weight is 472 g/mol. The van der Waals surface area contributed by atoms with Gasteiger partial charge in [-0.15, -0.1) is 0 Å². The van der Waals surface area contributed by atoms with E-state index in [4.69, 9.17) is 18.9 Å². The molecule has 2 aromatic heterocycles. The maximum Gasteiger partial charge on any atom is 0.330 e. The molecule has 0 saturated carbocycles. The van der Waals surface area contributed by atoms with E-state index < -0.39 is 11.9 Å². The minimum absolute atomic E-state index is 0.0410. The lowest BCUT2D eigenvalue weighted by Crippen LogP contribution is -2.18. The summed E-state index contributed by atoms with van der Waals surface area (Å²) in [5.41, 5.74) is 3.69. The quantitative estimate of drug-likeness (QED) is 0.154. The summed E-state index contributed by atoms with van der Waals surface area (Å²) in [6.45, 7) is 7.54. The Morgan fingerprint density at radius 3 is 2.56 bits per heavy atom. The van der Waals surface area contributed by atoms with Gasteiger partial charge in [-0.05, 0) is 56.0 Å². The molecule has 0 N–H and O–H groups in total. The van der Waals surface area contributed by atoms with Gasteiger partial charge in [0.2, 0.25) is 5.92 Å². The first-order valence-corrected chi connectivity index (χ1v) is 11.7. The summed E-state index contributed by atoms with van der Waals surface area (Å²) in [4.78, 5) is 15.6. The zero-order valence-corrected chi connectivity index (χ0v) is 19.7. The van der Waals surface area contributed by atoms with Crippen molar-refractivity contribution in [2.24, 2.45) is 0 Å². The van der Waals surface area contributed by atoms with Gasteiger partial charge >= 0.3 is 5.97 Å². The number of hydrogen-bond donors (Lipinski definition) is 0. The van der Waals surface area contributed by atoms with Crippen molar-refractivity contribution in [3.05, 3.63) is 60.4 Å².